The maximum absolute atomic E-state index is 13.6. The van der Waals surface area contributed by atoms with Crippen molar-refractivity contribution in [3.63, 3.8) is 0 Å². The van der Waals surface area contributed by atoms with Gasteiger partial charge in [-0.3, -0.25) is 4.79 Å². The number of benzene rings is 2. The molecule has 0 aliphatic carbocycles. The van der Waals surface area contributed by atoms with E-state index in [2.05, 4.69) is 15.3 Å². The Kier molecular flexibility index (Phi) is 3.97. The zero-order valence-electron chi connectivity index (χ0n) is 12.0. The molecule has 23 heavy (non-hydrogen) atoms. The van der Waals surface area contributed by atoms with Crippen molar-refractivity contribution in [1.82, 2.24) is 9.97 Å². The van der Waals surface area contributed by atoms with Crippen molar-refractivity contribution in [3.8, 4) is 11.4 Å². The third-order valence-electron chi connectivity index (χ3n) is 3.22. The molecular formula is C17H13FN4O. The Hall–Kier alpha value is -3.28. The second kappa shape index (κ2) is 6.23. The fourth-order valence-corrected chi connectivity index (χ4v) is 2.05. The van der Waals surface area contributed by atoms with E-state index in [4.69, 9.17) is 5.73 Å². The smallest absolute Gasteiger partial charge is 0.261 e. The molecule has 0 aliphatic rings. The first-order valence-electron chi connectivity index (χ1n) is 6.89. The van der Waals surface area contributed by atoms with E-state index < -0.39 is 11.7 Å². The molecule has 1 aromatic heterocycles. The van der Waals surface area contributed by atoms with E-state index in [1.165, 1.54) is 24.4 Å². The lowest BCUT2D eigenvalue weighted by atomic mass is 10.2. The van der Waals surface area contributed by atoms with Crippen LogP contribution in [0.25, 0.3) is 11.4 Å². The molecule has 0 aliphatic heterocycles. The molecule has 1 amide bonds. The number of rotatable bonds is 3. The molecule has 3 rings (SSSR count). The predicted octanol–water partition coefficient (Wildman–Crippen LogP) is 3.12. The molecule has 0 saturated carbocycles. The number of hydrogen-bond acceptors (Lipinski definition) is 4. The number of nitrogens with two attached hydrogens (primary N) is 1. The fraction of sp³-hybridized carbons (Fsp3) is 0. The van der Waals surface area contributed by atoms with E-state index in [1.54, 1.807) is 6.07 Å². The molecule has 0 saturated heterocycles. The summed E-state index contributed by atoms with van der Waals surface area (Å²) in [6, 6.07) is 15.1. The molecule has 0 radical (unpaired) electrons. The largest absolute Gasteiger partial charge is 0.383 e. The first-order chi connectivity index (χ1) is 11.1. The number of halogens is 1. The normalized spacial score (nSPS) is 10.3. The lowest BCUT2D eigenvalue weighted by Crippen LogP contribution is -2.16. The third kappa shape index (κ3) is 3.16. The first kappa shape index (κ1) is 14.6. The minimum Gasteiger partial charge on any atom is -0.383 e. The van der Waals surface area contributed by atoms with Crippen LogP contribution in [-0.4, -0.2) is 15.9 Å². The maximum atomic E-state index is 13.6. The van der Waals surface area contributed by atoms with Gasteiger partial charge in [0.15, 0.2) is 5.82 Å². The van der Waals surface area contributed by atoms with Crippen LogP contribution in [0.1, 0.15) is 10.4 Å². The number of nitrogens with zero attached hydrogens (tertiary/aromatic N) is 2. The van der Waals surface area contributed by atoms with Crippen LogP contribution in [0.15, 0.2) is 60.8 Å². The SMILES string of the molecule is Nc1nc(-c2ccccc2)ncc1C(=O)Nc1ccccc1F. The van der Waals surface area contributed by atoms with Crippen molar-refractivity contribution >= 4 is 17.4 Å². The molecule has 3 N–H and O–H groups in total. The van der Waals surface area contributed by atoms with Gasteiger partial charge in [0.05, 0.1) is 5.69 Å². The van der Waals surface area contributed by atoms with Gasteiger partial charge < -0.3 is 11.1 Å². The molecule has 114 valence electrons. The zero-order chi connectivity index (χ0) is 16.2. The van der Waals surface area contributed by atoms with Gasteiger partial charge in [-0.1, -0.05) is 42.5 Å². The van der Waals surface area contributed by atoms with Crippen LogP contribution in [0.3, 0.4) is 0 Å². The minimum absolute atomic E-state index is 0.0349. The maximum Gasteiger partial charge on any atom is 0.261 e. The predicted molar refractivity (Wildman–Crippen MR) is 86.2 cm³/mol. The lowest BCUT2D eigenvalue weighted by molar-refractivity contribution is 0.102. The third-order valence-corrected chi connectivity index (χ3v) is 3.22. The monoisotopic (exact) mass is 308 g/mol. The van der Waals surface area contributed by atoms with Gasteiger partial charge in [0.2, 0.25) is 0 Å². The number of amides is 1. The van der Waals surface area contributed by atoms with Gasteiger partial charge in [-0.25, -0.2) is 14.4 Å². The summed E-state index contributed by atoms with van der Waals surface area (Å²) in [7, 11) is 0. The van der Waals surface area contributed by atoms with Crippen LogP contribution in [0, 0.1) is 5.82 Å². The number of anilines is 2. The number of nitrogens with one attached hydrogen (secondary N) is 1. The quantitative estimate of drug-likeness (QED) is 0.779. The molecule has 6 heteroatoms. The van der Waals surface area contributed by atoms with Gasteiger partial charge >= 0.3 is 0 Å². The standard InChI is InChI=1S/C17H13FN4O/c18-13-8-4-5-9-14(13)21-17(23)12-10-20-16(22-15(12)19)11-6-2-1-3-7-11/h1-10H,(H,21,23)(H2,19,20,22). The molecule has 0 bridgehead atoms. The van der Waals surface area contributed by atoms with Crippen LogP contribution in [0.4, 0.5) is 15.9 Å². The average molecular weight is 308 g/mol. The van der Waals surface area contributed by atoms with Crippen LogP contribution >= 0.6 is 0 Å². The summed E-state index contributed by atoms with van der Waals surface area (Å²) in [4.78, 5) is 20.5. The van der Waals surface area contributed by atoms with E-state index >= 15 is 0 Å². The number of hydrogen-bond donors (Lipinski definition) is 2. The number of aromatic nitrogens is 2. The number of carbonyl (C=O) groups is 1. The van der Waals surface area contributed by atoms with Gasteiger partial charge in [0.25, 0.3) is 5.91 Å². The van der Waals surface area contributed by atoms with E-state index in [1.807, 2.05) is 30.3 Å². The molecule has 0 fully saturated rings. The Bertz CT molecular complexity index is 852. The Morgan fingerprint density at radius 3 is 2.43 bits per heavy atom. The Morgan fingerprint density at radius 2 is 1.74 bits per heavy atom. The average Bonchev–Trinajstić information content (AvgIpc) is 2.57. The van der Waals surface area contributed by atoms with Gasteiger partial charge in [-0.15, -0.1) is 0 Å². The summed E-state index contributed by atoms with van der Waals surface area (Å²) in [6.45, 7) is 0. The van der Waals surface area contributed by atoms with Crippen molar-refractivity contribution in [2.75, 3.05) is 11.1 Å². The summed E-state index contributed by atoms with van der Waals surface area (Å²) in [6.07, 6.45) is 1.33. The highest BCUT2D eigenvalue weighted by Crippen LogP contribution is 2.19. The summed E-state index contributed by atoms with van der Waals surface area (Å²) in [5.41, 5.74) is 6.80. The highest BCUT2D eigenvalue weighted by atomic mass is 19.1. The van der Waals surface area contributed by atoms with Crippen molar-refractivity contribution in [2.24, 2.45) is 0 Å². The van der Waals surface area contributed by atoms with Crippen molar-refractivity contribution < 1.29 is 9.18 Å². The summed E-state index contributed by atoms with van der Waals surface area (Å²) in [5.74, 6) is -0.633. The number of carbonyl (C=O) groups excluding carboxylic acids is 1. The van der Waals surface area contributed by atoms with Crippen LogP contribution in [0.2, 0.25) is 0 Å². The van der Waals surface area contributed by atoms with Gasteiger partial charge in [0, 0.05) is 11.8 Å². The van der Waals surface area contributed by atoms with Crippen LogP contribution in [-0.2, 0) is 0 Å². The topological polar surface area (TPSA) is 80.9 Å². The molecule has 0 spiro atoms. The molecule has 2 aromatic carbocycles. The molecule has 0 unspecified atom stereocenters. The van der Waals surface area contributed by atoms with Crippen LogP contribution < -0.4 is 11.1 Å². The lowest BCUT2D eigenvalue weighted by Gasteiger charge is -2.08. The van der Waals surface area contributed by atoms with E-state index in [0.717, 1.165) is 5.56 Å². The Balaban J connectivity index is 1.86. The van der Waals surface area contributed by atoms with Gasteiger partial charge in [-0.05, 0) is 12.1 Å². The molecule has 0 atom stereocenters. The molecule has 3 aromatic rings. The Morgan fingerprint density at radius 1 is 1.04 bits per heavy atom. The van der Waals surface area contributed by atoms with E-state index in [0.29, 0.717) is 5.82 Å². The van der Waals surface area contributed by atoms with Crippen molar-refractivity contribution in [3.05, 3.63) is 72.2 Å². The van der Waals surface area contributed by atoms with Gasteiger partial charge in [0.1, 0.15) is 17.2 Å². The summed E-state index contributed by atoms with van der Waals surface area (Å²) >= 11 is 0. The molecular weight excluding hydrogens is 295 g/mol. The van der Waals surface area contributed by atoms with E-state index in [-0.39, 0.29) is 17.1 Å². The van der Waals surface area contributed by atoms with Crippen LogP contribution in [0.5, 0.6) is 0 Å². The summed E-state index contributed by atoms with van der Waals surface area (Å²) < 4.78 is 13.6. The van der Waals surface area contributed by atoms with Crippen molar-refractivity contribution in [2.45, 2.75) is 0 Å². The summed E-state index contributed by atoms with van der Waals surface area (Å²) in [5, 5.41) is 2.45. The second-order valence-electron chi connectivity index (χ2n) is 4.79. The van der Waals surface area contributed by atoms with Crippen molar-refractivity contribution in [1.29, 1.82) is 0 Å². The van der Waals surface area contributed by atoms with E-state index in [9.17, 15) is 9.18 Å². The highest BCUT2D eigenvalue weighted by molar-refractivity contribution is 6.07. The Labute approximate surface area is 132 Å². The number of nitrogen functional groups attached to an aromatic ring is 1. The molecule has 5 nitrogen and oxygen atoms in total. The zero-order valence-corrected chi connectivity index (χ0v) is 12.0. The first-order valence-corrected chi connectivity index (χ1v) is 6.89. The van der Waals surface area contributed by atoms with Gasteiger partial charge in [-0.2, -0.15) is 0 Å². The second-order valence-corrected chi connectivity index (χ2v) is 4.79. The number of para-hydroxylation sites is 1. The minimum atomic E-state index is -0.563. The highest BCUT2D eigenvalue weighted by Gasteiger charge is 2.15. The molecule has 1 heterocycles. The fourth-order valence-electron chi connectivity index (χ4n) is 2.05.